The van der Waals surface area contributed by atoms with Crippen LogP contribution in [0.4, 0.5) is 36.1 Å². The first-order valence-corrected chi connectivity index (χ1v) is 27.3. The molecule has 23 nitrogen and oxygen atoms in total. The molecule has 0 aliphatic rings. The number of methoxy groups -OCH3 is 1. The zero-order valence-corrected chi connectivity index (χ0v) is 49.3. The van der Waals surface area contributed by atoms with E-state index in [0.29, 0.717) is 50.2 Å². The molecule has 6 heterocycles. The standard InChI is InChI=1S/C21H21FN4O4.C20H18ClFN4O3.C20H20FN5O3/c1-4-18(27)26(2)16-8-7-13(10-15(16)22)21-25-12-17(30-21)19(28)24-11-14-6-5-9-23-20(14)29-3;1-3-17(27)26(2)15-7-6-12(9-14(15)22)20-25-11-16(29-20)19(28)24-10-13-5-4-8-23-18(13)21;1-3-17(27)26(2)15-7-6-12(9-14(15)21)20-25-11-16(29-20)19(28)24-10-13-5-4-8-23-18(13)22/h5-10,12H,4,11H2,1-3H3,(H,24,28);4-9,11H,3,10H2,1-2H3,(H,24,28);4-9,11H,3,10H2,1-2H3,(H2,22,23)(H,24,28). The second-order valence-corrected chi connectivity index (χ2v) is 19.1. The number of oxazole rings is 3. The molecule has 0 aliphatic heterocycles. The molecule has 6 aromatic heterocycles. The molecule has 5 N–H and O–H groups in total. The lowest BCUT2D eigenvalue weighted by Gasteiger charge is -2.17. The van der Waals surface area contributed by atoms with Gasteiger partial charge < -0.3 is 54.4 Å². The van der Waals surface area contributed by atoms with E-state index in [2.05, 4.69) is 45.9 Å². The van der Waals surface area contributed by atoms with Gasteiger partial charge in [-0.3, -0.25) is 28.8 Å². The van der Waals surface area contributed by atoms with Crippen LogP contribution in [0.2, 0.25) is 5.15 Å². The number of nitrogens with zero attached hydrogens (tertiary/aromatic N) is 9. The Hall–Kier alpha value is -10.8. The molecular weight excluding hydrogens is 1170 g/mol. The molecule has 0 fully saturated rings. The number of halogens is 4. The fraction of sp³-hybridized carbons (Fsp3) is 0.213. The fourth-order valence-corrected chi connectivity index (χ4v) is 8.26. The van der Waals surface area contributed by atoms with E-state index >= 15 is 0 Å². The van der Waals surface area contributed by atoms with E-state index in [9.17, 15) is 41.9 Å². The number of hydrogen-bond acceptors (Lipinski definition) is 17. The van der Waals surface area contributed by atoms with Crippen LogP contribution in [-0.4, -0.2) is 93.6 Å². The number of anilines is 4. The molecule has 9 aromatic rings. The second-order valence-electron chi connectivity index (χ2n) is 18.7. The minimum Gasteiger partial charge on any atom is -0.481 e. The monoisotopic (exact) mass is 1230 g/mol. The maximum Gasteiger partial charge on any atom is 0.289 e. The van der Waals surface area contributed by atoms with Gasteiger partial charge in [-0.2, -0.15) is 0 Å². The largest absolute Gasteiger partial charge is 0.481 e. The Kier molecular flexibility index (Phi) is 22.4. The van der Waals surface area contributed by atoms with Gasteiger partial charge in [0.2, 0.25) is 58.6 Å². The Morgan fingerprint density at radius 3 is 1.19 bits per heavy atom. The average molecular weight is 1230 g/mol. The van der Waals surface area contributed by atoms with Crippen molar-refractivity contribution in [1.82, 2.24) is 45.9 Å². The number of carbonyl (C=O) groups is 6. The van der Waals surface area contributed by atoms with Crippen molar-refractivity contribution in [2.75, 3.05) is 48.7 Å². The number of amides is 6. The fourth-order valence-electron chi connectivity index (χ4n) is 8.07. The SMILES string of the molecule is CCC(=O)N(C)c1ccc(-c2ncc(C(=O)NCc3cccnc3Cl)o2)cc1F.CCC(=O)N(C)c1ccc(-c2ncc(C(=O)NCc3cccnc3N)o2)cc1F.CCC(=O)N(C)c1ccc(-c2ncc(C(=O)NCc3cccnc3OC)o2)cc1F. The summed E-state index contributed by atoms with van der Waals surface area (Å²) in [5, 5.41) is 8.32. The second kappa shape index (κ2) is 30.4. The predicted octanol–water partition coefficient (Wildman–Crippen LogP) is 9.78. The van der Waals surface area contributed by atoms with Gasteiger partial charge in [0, 0.05) is 112 Å². The number of nitrogen functional groups attached to an aromatic ring is 1. The molecule has 0 saturated heterocycles. The van der Waals surface area contributed by atoms with Crippen molar-refractivity contribution in [3.8, 4) is 40.2 Å². The highest BCUT2D eigenvalue weighted by atomic mass is 35.5. The molecule has 0 atom stereocenters. The molecule has 0 spiro atoms. The zero-order valence-electron chi connectivity index (χ0n) is 48.6. The van der Waals surface area contributed by atoms with Gasteiger partial charge >= 0.3 is 0 Å². The van der Waals surface area contributed by atoms with Crippen molar-refractivity contribution in [1.29, 1.82) is 0 Å². The molecule has 88 heavy (non-hydrogen) atoms. The van der Waals surface area contributed by atoms with E-state index in [0.717, 1.165) is 0 Å². The predicted molar refractivity (Wildman–Crippen MR) is 319 cm³/mol. The van der Waals surface area contributed by atoms with E-state index in [1.165, 1.54) is 97.9 Å². The number of pyridine rings is 3. The molecule has 0 unspecified atom stereocenters. The molecule has 0 radical (unpaired) electrons. The van der Waals surface area contributed by atoms with E-state index in [-0.39, 0.29) is 109 Å². The van der Waals surface area contributed by atoms with Crippen molar-refractivity contribution in [3.05, 3.63) is 185 Å². The maximum absolute atomic E-state index is 14.5. The van der Waals surface area contributed by atoms with Gasteiger partial charge in [0.25, 0.3) is 17.7 Å². The van der Waals surface area contributed by atoms with Crippen molar-refractivity contribution in [3.63, 3.8) is 0 Å². The normalized spacial score (nSPS) is 10.6. The number of carbonyl (C=O) groups excluding carboxylic acids is 6. The molecule has 9 rings (SSSR count). The molecule has 27 heteroatoms. The van der Waals surface area contributed by atoms with Crippen LogP contribution in [-0.2, 0) is 34.0 Å². The number of ether oxygens (including phenoxy) is 1. The Morgan fingerprint density at radius 2 is 0.841 bits per heavy atom. The highest BCUT2D eigenvalue weighted by molar-refractivity contribution is 6.30. The lowest BCUT2D eigenvalue weighted by atomic mass is 10.2. The van der Waals surface area contributed by atoms with E-state index in [1.54, 1.807) is 94.0 Å². The summed E-state index contributed by atoms with van der Waals surface area (Å²) in [6.45, 7) is 5.64. The topological polar surface area (TPSA) is 300 Å². The maximum atomic E-state index is 14.5. The van der Waals surface area contributed by atoms with Crippen LogP contribution in [0.25, 0.3) is 34.4 Å². The highest BCUT2D eigenvalue weighted by Crippen LogP contribution is 2.30. The number of hydrogen-bond donors (Lipinski definition) is 4. The van der Waals surface area contributed by atoms with E-state index in [4.69, 9.17) is 35.3 Å². The lowest BCUT2D eigenvalue weighted by Crippen LogP contribution is -2.25. The minimum absolute atomic E-state index is 0.0179. The first kappa shape index (κ1) is 64.8. The Morgan fingerprint density at radius 1 is 0.500 bits per heavy atom. The van der Waals surface area contributed by atoms with E-state index in [1.807, 2.05) is 0 Å². The van der Waals surface area contributed by atoms with Gasteiger partial charge in [0.15, 0.2) is 0 Å². The highest BCUT2D eigenvalue weighted by Gasteiger charge is 2.22. The van der Waals surface area contributed by atoms with Crippen LogP contribution in [0.3, 0.4) is 0 Å². The van der Waals surface area contributed by atoms with Crippen molar-refractivity contribution < 1.29 is 59.9 Å². The molecule has 3 aromatic carbocycles. The summed E-state index contributed by atoms with van der Waals surface area (Å²) >= 11 is 5.96. The first-order valence-electron chi connectivity index (χ1n) is 26.9. The Bertz CT molecular complexity index is 3800. The number of aromatic nitrogens is 6. The van der Waals surface area contributed by atoms with Crippen LogP contribution in [0.15, 0.2) is 141 Å². The summed E-state index contributed by atoms with van der Waals surface area (Å²) in [7, 11) is 6.02. The van der Waals surface area contributed by atoms with Crippen LogP contribution < -0.4 is 41.1 Å². The van der Waals surface area contributed by atoms with Gasteiger partial charge in [-0.15, -0.1) is 0 Å². The minimum atomic E-state index is -0.595. The number of benzene rings is 3. The molecular formula is C61H59ClF3N13O10. The van der Waals surface area contributed by atoms with Gasteiger partial charge in [-0.25, -0.2) is 43.1 Å². The quantitative estimate of drug-likeness (QED) is 0.0547. The zero-order chi connectivity index (χ0) is 63.6. The molecule has 6 amide bonds. The third-order valence-electron chi connectivity index (χ3n) is 13.0. The number of nitrogens with one attached hydrogen (secondary N) is 3. The van der Waals surface area contributed by atoms with Crippen LogP contribution in [0, 0.1) is 17.5 Å². The number of nitrogens with two attached hydrogens (primary N) is 1. The summed E-state index contributed by atoms with van der Waals surface area (Å²) in [5.41, 5.74) is 9.27. The van der Waals surface area contributed by atoms with Crippen molar-refractivity contribution >= 4 is 69.9 Å². The lowest BCUT2D eigenvalue weighted by molar-refractivity contribution is -0.118. The molecule has 0 saturated carbocycles. The molecule has 0 bridgehead atoms. The number of rotatable bonds is 19. The van der Waals surface area contributed by atoms with Gasteiger partial charge in [-0.1, -0.05) is 50.6 Å². The van der Waals surface area contributed by atoms with Crippen LogP contribution in [0.5, 0.6) is 5.88 Å². The summed E-state index contributed by atoms with van der Waals surface area (Å²) in [5.74, 6) is -2.92. The van der Waals surface area contributed by atoms with Gasteiger partial charge in [-0.05, 0) is 72.8 Å². The third-order valence-corrected chi connectivity index (χ3v) is 13.4. The molecule has 456 valence electrons. The average Bonchev–Trinajstić information content (AvgIpc) is 4.16. The Labute approximate surface area is 507 Å². The molecule has 0 aliphatic carbocycles. The van der Waals surface area contributed by atoms with Crippen molar-refractivity contribution in [2.24, 2.45) is 0 Å². The van der Waals surface area contributed by atoms with Crippen LogP contribution in [0.1, 0.15) is 88.4 Å². The van der Waals surface area contributed by atoms with Gasteiger partial charge in [0.05, 0.1) is 42.8 Å². The summed E-state index contributed by atoms with van der Waals surface area (Å²) < 4.78 is 64.9. The Balaban J connectivity index is 0.000000188. The summed E-state index contributed by atoms with van der Waals surface area (Å²) in [4.78, 5) is 100.0. The summed E-state index contributed by atoms with van der Waals surface area (Å²) in [6.07, 6.45) is 9.28. The van der Waals surface area contributed by atoms with Gasteiger partial charge in [0.1, 0.15) is 28.4 Å². The third kappa shape index (κ3) is 16.4. The van der Waals surface area contributed by atoms with Crippen LogP contribution >= 0.6 is 11.6 Å². The van der Waals surface area contributed by atoms with Crippen molar-refractivity contribution in [2.45, 2.75) is 59.7 Å². The smallest absolute Gasteiger partial charge is 0.289 e. The first-order chi connectivity index (χ1) is 42.2. The van der Waals surface area contributed by atoms with E-state index < -0.39 is 35.2 Å². The summed E-state index contributed by atoms with van der Waals surface area (Å²) in [6, 6.07) is 23.2.